The van der Waals surface area contributed by atoms with Crippen LogP contribution in [0.4, 0.5) is 0 Å². The van der Waals surface area contributed by atoms with Gasteiger partial charge in [-0.15, -0.1) is 0 Å². The zero-order valence-electron chi connectivity index (χ0n) is 9.57. The van der Waals surface area contributed by atoms with Gasteiger partial charge in [-0.05, 0) is 28.4 Å². The van der Waals surface area contributed by atoms with Crippen molar-refractivity contribution in [3.8, 4) is 11.5 Å². The van der Waals surface area contributed by atoms with Crippen molar-refractivity contribution in [3.63, 3.8) is 0 Å². The average molecular weight is 321 g/mol. The molecule has 1 unspecified atom stereocenters. The molecule has 0 N–H and O–H groups in total. The number of rotatable bonds is 2. The fourth-order valence-electron chi connectivity index (χ4n) is 1.56. The van der Waals surface area contributed by atoms with E-state index < -0.39 is 9.84 Å². The van der Waals surface area contributed by atoms with Crippen molar-refractivity contribution < 1.29 is 17.9 Å². The van der Waals surface area contributed by atoms with Gasteiger partial charge in [0.05, 0.1) is 9.37 Å². The second-order valence-corrected chi connectivity index (χ2v) is 6.83. The minimum absolute atomic E-state index is 0.0166. The molecule has 1 aliphatic heterocycles. The van der Waals surface area contributed by atoms with Crippen LogP contribution in [0.3, 0.4) is 0 Å². The quantitative estimate of drug-likeness (QED) is 0.839. The van der Waals surface area contributed by atoms with E-state index in [0.29, 0.717) is 22.6 Å². The van der Waals surface area contributed by atoms with Crippen molar-refractivity contribution >= 4 is 25.8 Å². The van der Waals surface area contributed by atoms with Gasteiger partial charge < -0.3 is 9.47 Å². The molecule has 1 aromatic carbocycles. The van der Waals surface area contributed by atoms with E-state index in [2.05, 4.69) is 15.9 Å². The van der Waals surface area contributed by atoms with Gasteiger partial charge in [0.15, 0.2) is 21.3 Å². The molecule has 2 rings (SSSR count). The van der Waals surface area contributed by atoms with Crippen molar-refractivity contribution in [1.29, 1.82) is 0 Å². The molecule has 4 nitrogen and oxygen atoms in total. The Kier molecular flexibility index (Phi) is 3.36. The maximum atomic E-state index is 11.5. The normalized spacial score (nSPS) is 19.1. The fraction of sp³-hybridized carbons (Fsp3) is 0.455. The first-order valence-electron chi connectivity index (χ1n) is 5.25. The highest BCUT2D eigenvalue weighted by Gasteiger charge is 2.24. The fourth-order valence-corrected chi connectivity index (χ4v) is 2.90. The number of hydrogen-bond donors (Lipinski definition) is 0. The third-order valence-electron chi connectivity index (χ3n) is 2.58. The van der Waals surface area contributed by atoms with Crippen LogP contribution in [0.15, 0.2) is 21.5 Å². The van der Waals surface area contributed by atoms with Crippen molar-refractivity contribution in [1.82, 2.24) is 0 Å². The molecule has 0 saturated heterocycles. The van der Waals surface area contributed by atoms with E-state index in [1.165, 1.54) is 18.4 Å². The Labute approximate surface area is 109 Å². The van der Waals surface area contributed by atoms with Crippen LogP contribution >= 0.6 is 15.9 Å². The van der Waals surface area contributed by atoms with E-state index in [9.17, 15) is 8.42 Å². The maximum absolute atomic E-state index is 11.5. The van der Waals surface area contributed by atoms with Crippen LogP contribution in [-0.2, 0) is 9.84 Å². The predicted molar refractivity (Wildman–Crippen MR) is 67.5 cm³/mol. The second kappa shape index (κ2) is 4.49. The maximum Gasteiger partial charge on any atom is 0.176 e. The van der Waals surface area contributed by atoms with E-state index in [-0.39, 0.29) is 11.0 Å². The van der Waals surface area contributed by atoms with Crippen LogP contribution in [0.5, 0.6) is 11.5 Å². The van der Waals surface area contributed by atoms with Crippen LogP contribution in [0, 0.1) is 0 Å². The number of benzene rings is 1. The summed E-state index contributed by atoms with van der Waals surface area (Å²) < 4.78 is 34.8. The molecule has 0 fully saturated rings. The van der Waals surface area contributed by atoms with Gasteiger partial charge in [-0.3, -0.25) is 0 Å². The lowest BCUT2D eigenvalue weighted by Crippen LogP contribution is -2.28. The lowest BCUT2D eigenvalue weighted by molar-refractivity contribution is 0.0871. The largest absolute Gasteiger partial charge is 0.486 e. The first kappa shape index (κ1) is 12.7. The summed E-state index contributed by atoms with van der Waals surface area (Å²) in [5.41, 5.74) is 0. The van der Waals surface area contributed by atoms with E-state index in [4.69, 9.17) is 9.47 Å². The van der Waals surface area contributed by atoms with Gasteiger partial charge in [0, 0.05) is 12.3 Å². The molecule has 1 atom stereocenters. The number of fused-ring (bicyclic) bond motifs is 1. The molecule has 0 radical (unpaired) electrons. The summed E-state index contributed by atoms with van der Waals surface area (Å²) in [6.45, 7) is 2.46. The van der Waals surface area contributed by atoms with Gasteiger partial charge in [0.2, 0.25) is 0 Å². The lowest BCUT2D eigenvalue weighted by Gasteiger charge is -2.26. The van der Waals surface area contributed by atoms with Crippen molar-refractivity contribution in [2.75, 3.05) is 12.9 Å². The average Bonchev–Trinajstić information content (AvgIpc) is 2.27. The number of ether oxygens (including phenoxy) is 2. The summed E-state index contributed by atoms with van der Waals surface area (Å²) in [7, 11) is -3.24. The molecule has 6 heteroatoms. The Morgan fingerprint density at radius 1 is 1.47 bits per heavy atom. The summed E-state index contributed by atoms with van der Waals surface area (Å²) in [6, 6.07) is 3.04. The van der Waals surface area contributed by atoms with Crippen molar-refractivity contribution in [2.24, 2.45) is 0 Å². The topological polar surface area (TPSA) is 52.6 Å². The number of halogens is 1. The molecule has 0 amide bonds. The molecular weight excluding hydrogens is 308 g/mol. The third kappa shape index (κ3) is 2.57. The number of sulfone groups is 1. The smallest absolute Gasteiger partial charge is 0.176 e. The first-order chi connectivity index (χ1) is 7.91. The Morgan fingerprint density at radius 2 is 2.18 bits per heavy atom. The zero-order chi connectivity index (χ0) is 12.6. The summed E-state index contributed by atoms with van der Waals surface area (Å²) in [6.07, 6.45) is 2.03. The highest BCUT2D eigenvalue weighted by molar-refractivity contribution is 9.10. The van der Waals surface area contributed by atoms with Gasteiger partial charge in [-0.1, -0.05) is 6.92 Å². The van der Waals surface area contributed by atoms with Gasteiger partial charge in [0.25, 0.3) is 0 Å². The first-order valence-corrected chi connectivity index (χ1v) is 7.93. The molecule has 0 bridgehead atoms. The monoisotopic (exact) mass is 320 g/mol. The van der Waals surface area contributed by atoms with Gasteiger partial charge in [-0.2, -0.15) is 0 Å². The molecule has 0 spiro atoms. The molecule has 17 heavy (non-hydrogen) atoms. The van der Waals surface area contributed by atoms with Gasteiger partial charge in [0.1, 0.15) is 12.7 Å². The van der Waals surface area contributed by atoms with Crippen molar-refractivity contribution in [2.45, 2.75) is 24.3 Å². The van der Waals surface area contributed by atoms with E-state index in [1.54, 1.807) is 0 Å². The standard InChI is InChI=1S/C11H13BrO4S/c1-3-7-6-15-10-5-8(17(2,13)14)4-9(12)11(10)16-7/h4-5,7H,3,6H2,1-2H3. The lowest BCUT2D eigenvalue weighted by atomic mass is 10.2. The second-order valence-electron chi connectivity index (χ2n) is 3.96. The van der Waals surface area contributed by atoms with E-state index in [0.717, 1.165) is 6.42 Å². The highest BCUT2D eigenvalue weighted by Crippen LogP contribution is 2.41. The Balaban J connectivity index is 2.47. The molecule has 94 valence electrons. The molecule has 0 aromatic heterocycles. The minimum Gasteiger partial charge on any atom is -0.486 e. The third-order valence-corrected chi connectivity index (χ3v) is 4.26. The van der Waals surface area contributed by atoms with Crippen LogP contribution in [0.25, 0.3) is 0 Å². The molecule has 0 aliphatic carbocycles. The SMILES string of the molecule is CCC1COc2cc(S(C)(=O)=O)cc(Br)c2O1. The highest BCUT2D eigenvalue weighted by atomic mass is 79.9. The predicted octanol–water partition coefficient (Wildman–Crippen LogP) is 2.40. The Morgan fingerprint density at radius 3 is 2.76 bits per heavy atom. The zero-order valence-corrected chi connectivity index (χ0v) is 12.0. The molecule has 0 saturated carbocycles. The van der Waals surface area contributed by atoms with E-state index in [1.807, 2.05) is 6.92 Å². The molecule has 1 aromatic rings. The van der Waals surface area contributed by atoms with Crippen molar-refractivity contribution in [3.05, 3.63) is 16.6 Å². The summed E-state index contributed by atoms with van der Waals surface area (Å²) in [5.74, 6) is 1.06. The Hall–Kier alpha value is -0.750. The van der Waals surface area contributed by atoms with Crippen LogP contribution in [0.1, 0.15) is 13.3 Å². The van der Waals surface area contributed by atoms with Crippen LogP contribution in [-0.4, -0.2) is 27.4 Å². The van der Waals surface area contributed by atoms with Gasteiger partial charge >= 0.3 is 0 Å². The molecule has 1 aliphatic rings. The van der Waals surface area contributed by atoms with E-state index >= 15 is 0 Å². The van der Waals surface area contributed by atoms with Gasteiger partial charge in [-0.25, -0.2) is 8.42 Å². The van der Waals surface area contributed by atoms with Crippen LogP contribution in [0.2, 0.25) is 0 Å². The molecule has 1 heterocycles. The Bertz CT molecular complexity index is 539. The summed E-state index contributed by atoms with van der Waals surface area (Å²) in [4.78, 5) is 0.224. The van der Waals surface area contributed by atoms with Crippen LogP contribution < -0.4 is 9.47 Å². The summed E-state index contributed by atoms with van der Waals surface area (Å²) in [5, 5.41) is 0. The molecular formula is C11H13BrO4S. The summed E-state index contributed by atoms with van der Waals surface area (Å²) >= 11 is 3.31. The minimum atomic E-state index is -3.24. The number of hydrogen-bond acceptors (Lipinski definition) is 4.